The van der Waals surface area contributed by atoms with Crippen molar-refractivity contribution in [2.45, 2.75) is 33.9 Å². The van der Waals surface area contributed by atoms with Crippen LogP contribution in [0.15, 0.2) is 42.6 Å². The van der Waals surface area contributed by atoms with Crippen molar-refractivity contribution in [3.63, 3.8) is 0 Å². The molecule has 3 aromatic heterocycles. The number of carbonyl (C=O) groups is 1. The summed E-state index contributed by atoms with van der Waals surface area (Å²) in [6.45, 7) is 7.25. The van der Waals surface area contributed by atoms with E-state index in [4.69, 9.17) is 4.98 Å². The third kappa shape index (κ3) is 3.47. The molecule has 4 rings (SSSR count). The Balaban J connectivity index is 1.80. The zero-order chi connectivity index (χ0) is 21.4. The van der Waals surface area contributed by atoms with E-state index >= 15 is 0 Å². The van der Waals surface area contributed by atoms with Crippen LogP contribution >= 0.6 is 0 Å². The van der Waals surface area contributed by atoms with Crippen LogP contribution in [0.1, 0.15) is 34.2 Å². The Kier molecular flexibility index (Phi) is 5.11. The molecule has 0 fully saturated rings. The molecule has 1 aromatic carbocycles. The van der Waals surface area contributed by atoms with Crippen LogP contribution in [0, 0.1) is 13.8 Å². The van der Waals surface area contributed by atoms with Gasteiger partial charge in [0.2, 0.25) is 0 Å². The normalized spacial score (nSPS) is 11.2. The largest absolute Gasteiger partial charge is 0.336 e. The molecule has 0 aliphatic rings. The third-order valence-corrected chi connectivity index (χ3v) is 5.40. The lowest BCUT2D eigenvalue weighted by Gasteiger charge is -2.19. The van der Waals surface area contributed by atoms with E-state index in [-0.39, 0.29) is 5.91 Å². The summed E-state index contributed by atoms with van der Waals surface area (Å²) in [4.78, 5) is 20.1. The molecule has 0 aliphatic carbocycles. The van der Waals surface area contributed by atoms with Crippen molar-refractivity contribution >= 4 is 16.9 Å². The van der Waals surface area contributed by atoms with Gasteiger partial charge in [0.1, 0.15) is 0 Å². The molecular formula is C23H26N6O. The maximum absolute atomic E-state index is 13.5. The lowest BCUT2D eigenvalue weighted by Crippen LogP contribution is -2.28. The number of fused-ring (bicyclic) bond motifs is 1. The summed E-state index contributed by atoms with van der Waals surface area (Å²) in [6, 6.07) is 12.0. The highest BCUT2D eigenvalue weighted by Crippen LogP contribution is 2.28. The summed E-state index contributed by atoms with van der Waals surface area (Å²) in [5.74, 6) is -0.0595. The summed E-state index contributed by atoms with van der Waals surface area (Å²) in [6.07, 6.45) is 1.77. The molecule has 4 aromatic rings. The molecule has 0 radical (unpaired) electrons. The zero-order valence-corrected chi connectivity index (χ0v) is 18.0. The van der Waals surface area contributed by atoms with Crippen molar-refractivity contribution in [3.05, 3.63) is 65.1 Å². The van der Waals surface area contributed by atoms with Crippen LogP contribution in [0.5, 0.6) is 0 Å². The van der Waals surface area contributed by atoms with Crippen molar-refractivity contribution in [2.24, 2.45) is 7.05 Å². The van der Waals surface area contributed by atoms with Gasteiger partial charge in [0, 0.05) is 32.4 Å². The number of aryl methyl sites for hydroxylation is 4. The average Bonchev–Trinajstić information content (AvgIpc) is 3.30. The first-order valence-electron chi connectivity index (χ1n) is 10.1. The van der Waals surface area contributed by atoms with Gasteiger partial charge in [0.25, 0.3) is 5.91 Å². The quantitative estimate of drug-likeness (QED) is 0.510. The molecule has 154 valence electrons. The van der Waals surface area contributed by atoms with Gasteiger partial charge in [-0.1, -0.05) is 29.8 Å². The van der Waals surface area contributed by atoms with Crippen molar-refractivity contribution < 1.29 is 4.79 Å². The van der Waals surface area contributed by atoms with E-state index in [2.05, 4.69) is 29.3 Å². The standard InChI is InChI=1S/C23H26N6O/c1-6-29-18(11-12-24-29)14-27(4)23(30)19-13-20(17-9-7-15(2)8-10-17)25-22-21(19)16(3)26-28(22)5/h7-13H,6,14H2,1-5H3. The molecule has 0 spiro atoms. The minimum absolute atomic E-state index is 0.0595. The van der Waals surface area contributed by atoms with Crippen molar-refractivity contribution in [1.82, 2.24) is 29.4 Å². The van der Waals surface area contributed by atoms with Gasteiger partial charge in [-0.2, -0.15) is 10.2 Å². The Morgan fingerprint density at radius 1 is 1.13 bits per heavy atom. The van der Waals surface area contributed by atoms with Crippen molar-refractivity contribution in [2.75, 3.05) is 7.05 Å². The van der Waals surface area contributed by atoms with Crippen LogP contribution in [-0.2, 0) is 20.1 Å². The molecule has 1 amide bonds. The van der Waals surface area contributed by atoms with E-state index in [9.17, 15) is 4.79 Å². The first-order chi connectivity index (χ1) is 14.4. The first kappa shape index (κ1) is 19.8. The van der Waals surface area contributed by atoms with Crippen LogP contribution in [0.25, 0.3) is 22.3 Å². The Morgan fingerprint density at radius 2 is 1.87 bits per heavy atom. The second-order valence-corrected chi connectivity index (χ2v) is 7.63. The number of rotatable bonds is 5. The van der Waals surface area contributed by atoms with E-state index in [1.54, 1.807) is 15.8 Å². The van der Waals surface area contributed by atoms with Gasteiger partial charge >= 0.3 is 0 Å². The smallest absolute Gasteiger partial charge is 0.254 e. The predicted octanol–water partition coefficient (Wildman–Crippen LogP) is 3.74. The Bertz CT molecular complexity index is 1220. The fourth-order valence-electron chi connectivity index (χ4n) is 3.79. The van der Waals surface area contributed by atoms with Crippen LogP contribution in [0.4, 0.5) is 0 Å². The fourth-order valence-corrected chi connectivity index (χ4v) is 3.79. The van der Waals surface area contributed by atoms with Crippen LogP contribution in [-0.4, -0.2) is 42.4 Å². The van der Waals surface area contributed by atoms with E-state index in [1.165, 1.54) is 5.56 Å². The molecule has 0 bridgehead atoms. The molecular weight excluding hydrogens is 376 g/mol. The fraction of sp³-hybridized carbons (Fsp3) is 0.304. The van der Waals surface area contributed by atoms with Crippen molar-refractivity contribution in [1.29, 1.82) is 0 Å². The molecule has 0 N–H and O–H groups in total. The number of aromatic nitrogens is 5. The molecule has 30 heavy (non-hydrogen) atoms. The minimum atomic E-state index is -0.0595. The highest BCUT2D eigenvalue weighted by molar-refractivity contribution is 6.07. The monoisotopic (exact) mass is 402 g/mol. The minimum Gasteiger partial charge on any atom is -0.336 e. The maximum atomic E-state index is 13.5. The lowest BCUT2D eigenvalue weighted by molar-refractivity contribution is 0.0783. The van der Waals surface area contributed by atoms with E-state index in [0.29, 0.717) is 17.8 Å². The Labute approximate surface area is 176 Å². The van der Waals surface area contributed by atoms with Crippen LogP contribution in [0.2, 0.25) is 0 Å². The summed E-state index contributed by atoms with van der Waals surface area (Å²) in [5.41, 5.74) is 6.04. The number of carbonyl (C=O) groups excluding carboxylic acids is 1. The molecule has 7 nitrogen and oxygen atoms in total. The van der Waals surface area contributed by atoms with Crippen molar-refractivity contribution in [3.8, 4) is 11.3 Å². The highest BCUT2D eigenvalue weighted by atomic mass is 16.2. The molecule has 0 saturated carbocycles. The molecule has 7 heteroatoms. The number of nitrogens with zero attached hydrogens (tertiary/aromatic N) is 6. The number of pyridine rings is 1. The zero-order valence-electron chi connectivity index (χ0n) is 18.0. The van der Waals surface area contributed by atoms with E-state index in [1.807, 2.05) is 56.9 Å². The lowest BCUT2D eigenvalue weighted by atomic mass is 10.0. The van der Waals surface area contributed by atoms with Gasteiger partial charge in [-0.05, 0) is 32.9 Å². The Morgan fingerprint density at radius 3 is 2.57 bits per heavy atom. The van der Waals surface area contributed by atoms with Gasteiger partial charge in [-0.3, -0.25) is 14.2 Å². The summed E-state index contributed by atoms with van der Waals surface area (Å²) in [5, 5.41) is 9.62. The number of benzene rings is 1. The van der Waals surface area contributed by atoms with Gasteiger partial charge in [-0.15, -0.1) is 0 Å². The Hall–Kier alpha value is -3.48. The van der Waals surface area contributed by atoms with Crippen LogP contribution in [0.3, 0.4) is 0 Å². The average molecular weight is 403 g/mol. The topological polar surface area (TPSA) is 68.8 Å². The number of hydrogen-bond acceptors (Lipinski definition) is 4. The summed E-state index contributed by atoms with van der Waals surface area (Å²) < 4.78 is 3.64. The second kappa shape index (κ2) is 7.74. The van der Waals surface area contributed by atoms with E-state index < -0.39 is 0 Å². The van der Waals surface area contributed by atoms with Gasteiger partial charge in [0.05, 0.1) is 34.6 Å². The predicted molar refractivity (Wildman–Crippen MR) is 117 cm³/mol. The molecule has 0 unspecified atom stereocenters. The highest BCUT2D eigenvalue weighted by Gasteiger charge is 2.22. The molecule has 0 saturated heterocycles. The third-order valence-electron chi connectivity index (χ3n) is 5.40. The first-order valence-corrected chi connectivity index (χ1v) is 10.1. The molecule has 0 aliphatic heterocycles. The molecule has 3 heterocycles. The maximum Gasteiger partial charge on any atom is 0.254 e. The van der Waals surface area contributed by atoms with Gasteiger partial charge < -0.3 is 4.90 Å². The van der Waals surface area contributed by atoms with Gasteiger partial charge in [0.15, 0.2) is 5.65 Å². The SMILES string of the molecule is CCn1nccc1CN(C)C(=O)c1cc(-c2ccc(C)cc2)nc2c1c(C)nn2C. The number of hydrogen-bond donors (Lipinski definition) is 0. The second-order valence-electron chi connectivity index (χ2n) is 7.63. The van der Waals surface area contributed by atoms with Crippen LogP contribution < -0.4 is 0 Å². The summed E-state index contributed by atoms with van der Waals surface area (Å²) in [7, 11) is 3.68. The molecule has 0 atom stereocenters. The summed E-state index contributed by atoms with van der Waals surface area (Å²) >= 11 is 0. The van der Waals surface area contributed by atoms with E-state index in [0.717, 1.165) is 34.6 Å². The number of amides is 1. The van der Waals surface area contributed by atoms with Gasteiger partial charge in [-0.25, -0.2) is 4.98 Å².